The van der Waals surface area contributed by atoms with E-state index in [1.54, 1.807) is 0 Å². The van der Waals surface area contributed by atoms with Crippen molar-refractivity contribution in [3.8, 4) is 0 Å². The van der Waals surface area contributed by atoms with Gasteiger partial charge in [-0.3, -0.25) is 4.79 Å². The Hall–Kier alpha value is -1.77. The zero-order valence-electron chi connectivity index (χ0n) is 10.1. The maximum Gasteiger partial charge on any atom is 0.230 e. The van der Waals surface area contributed by atoms with Gasteiger partial charge in [0.2, 0.25) is 5.91 Å². The van der Waals surface area contributed by atoms with Gasteiger partial charge in [-0.2, -0.15) is 0 Å². The average molecular weight is 230 g/mol. The summed E-state index contributed by atoms with van der Waals surface area (Å²) in [4.78, 5) is 13.9. The molecule has 0 spiro atoms. The Labute approximate surface area is 102 Å². The molecule has 1 aliphatic rings. The molecule has 1 amide bonds. The maximum atomic E-state index is 12.1. The van der Waals surface area contributed by atoms with Gasteiger partial charge in [0.15, 0.2) is 0 Å². The number of rotatable bonds is 3. The minimum atomic E-state index is 0.131. The molecule has 0 radical (unpaired) electrons. The number of para-hydroxylation sites is 1. The first-order chi connectivity index (χ1) is 8.22. The first-order valence-corrected chi connectivity index (χ1v) is 6.05. The van der Waals surface area contributed by atoms with Gasteiger partial charge in [0, 0.05) is 24.4 Å². The van der Waals surface area contributed by atoms with Gasteiger partial charge in [-0.05, 0) is 24.5 Å². The minimum Gasteiger partial charge on any atom is -0.402 e. The third-order valence-corrected chi connectivity index (χ3v) is 3.14. The van der Waals surface area contributed by atoms with Crippen molar-refractivity contribution < 1.29 is 4.79 Å². The predicted octanol–water partition coefficient (Wildman–Crippen LogP) is 2.22. The van der Waals surface area contributed by atoms with Gasteiger partial charge in [0.1, 0.15) is 0 Å². The van der Waals surface area contributed by atoms with Crippen molar-refractivity contribution in [2.24, 2.45) is 5.73 Å². The minimum absolute atomic E-state index is 0.131. The molecule has 3 nitrogen and oxygen atoms in total. The van der Waals surface area contributed by atoms with Crippen molar-refractivity contribution in [1.82, 2.24) is 0 Å². The molecule has 0 aromatic heterocycles. The second-order valence-corrected chi connectivity index (χ2v) is 4.26. The molecule has 2 rings (SSSR count). The molecular formula is C14H18N2O. The third-order valence-electron chi connectivity index (χ3n) is 3.14. The summed E-state index contributed by atoms with van der Waals surface area (Å²) in [6.45, 7) is 2.78. The summed E-state index contributed by atoms with van der Waals surface area (Å²) < 4.78 is 0. The smallest absolute Gasteiger partial charge is 0.230 e. The fourth-order valence-electron chi connectivity index (χ4n) is 2.07. The Morgan fingerprint density at radius 2 is 2.24 bits per heavy atom. The molecule has 1 heterocycles. The van der Waals surface area contributed by atoms with Crippen molar-refractivity contribution in [2.75, 3.05) is 11.4 Å². The Morgan fingerprint density at radius 1 is 1.47 bits per heavy atom. The molecule has 0 atom stereocenters. The number of amides is 1. The summed E-state index contributed by atoms with van der Waals surface area (Å²) in [5, 5.41) is 0. The summed E-state index contributed by atoms with van der Waals surface area (Å²) in [5.74, 6) is 0.131. The lowest BCUT2D eigenvalue weighted by Gasteiger charge is -2.16. The van der Waals surface area contributed by atoms with E-state index in [0.717, 1.165) is 30.8 Å². The number of anilines is 1. The fraction of sp³-hybridized carbons (Fsp3) is 0.357. The van der Waals surface area contributed by atoms with E-state index in [4.69, 9.17) is 5.73 Å². The van der Waals surface area contributed by atoms with Crippen LogP contribution in [0.25, 0.3) is 0 Å². The highest BCUT2D eigenvalue weighted by Gasteiger charge is 2.22. The lowest BCUT2D eigenvalue weighted by atomic mass is 10.2. The van der Waals surface area contributed by atoms with E-state index < -0.39 is 0 Å². The van der Waals surface area contributed by atoms with Crippen LogP contribution < -0.4 is 10.6 Å². The third kappa shape index (κ3) is 2.49. The summed E-state index contributed by atoms with van der Waals surface area (Å²) in [5.41, 5.74) is 8.80. The van der Waals surface area contributed by atoms with Crippen LogP contribution in [0.2, 0.25) is 0 Å². The Balaban J connectivity index is 2.08. The first-order valence-electron chi connectivity index (χ1n) is 6.05. The van der Waals surface area contributed by atoms with Crippen LogP contribution in [0.5, 0.6) is 0 Å². The number of nitrogens with zero attached hydrogens (tertiary/aromatic N) is 1. The molecule has 90 valence electrons. The van der Waals surface area contributed by atoms with E-state index in [1.807, 2.05) is 36.1 Å². The number of allylic oxidation sites excluding steroid dienone is 1. The fourth-order valence-corrected chi connectivity index (χ4v) is 2.07. The van der Waals surface area contributed by atoms with Gasteiger partial charge in [0.25, 0.3) is 0 Å². The second kappa shape index (κ2) is 5.04. The van der Waals surface area contributed by atoms with Crippen molar-refractivity contribution in [1.29, 1.82) is 0 Å². The van der Waals surface area contributed by atoms with E-state index in [9.17, 15) is 4.79 Å². The maximum absolute atomic E-state index is 12.1. The number of fused-ring (bicyclic) bond motifs is 1. The van der Waals surface area contributed by atoms with Crippen LogP contribution in [0.3, 0.4) is 0 Å². The molecule has 0 bridgehead atoms. The molecule has 0 saturated carbocycles. The van der Waals surface area contributed by atoms with E-state index in [2.05, 4.69) is 6.07 Å². The number of carbonyl (C=O) groups is 1. The average Bonchev–Trinajstić information content (AvgIpc) is 2.79. The largest absolute Gasteiger partial charge is 0.402 e. The zero-order chi connectivity index (χ0) is 12.3. The number of benzene rings is 1. The second-order valence-electron chi connectivity index (χ2n) is 4.26. The molecule has 0 fully saturated rings. The van der Waals surface area contributed by atoms with Gasteiger partial charge in [-0.25, -0.2) is 0 Å². The summed E-state index contributed by atoms with van der Waals surface area (Å²) in [6, 6.07) is 8.08. The summed E-state index contributed by atoms with van der Waals surface area (Å²) >= 11 is 0. The van der Waals surface area contributed by atoms with Crippen LogP contribution in [-0.2, 0) is 11.2 Å². The number of carbonyl (C=O) groups excluding carboxylic acids is 1. The Bertz CT molecular complexity index is 451. The van der Waals surface area contributed by atoms with Crippen molar-refractivity contribution >= 4 is 11.6 Å². The number of hydrogen-bond donors (Lipinski definition) is 1. The molecule has 1 aromatic rings. The highest BCUT2D eigenvalue weighted by molar-refractivity contribution is 5.96. The molecular weight excluding hydrogens is 212 g/mol. The van der Waals surface area contributed by atoms with Gasteiger partial charge in [-0.15, -0.1) is 0 Å². The standard InChI is InChI=1S/C14H18N2O/c1-2-12(15)7-8-14(17)16-10-9-11-5-3-4-6-13(11)16/h3-7H,2,8-10,15H2,1H3. The van der Waals surface area contributed by atoms with Crippen LogP contribution in [0, 0.1) is 0 Å². The van der Waals surface area contributed by atoms with Crippen molar-refractivity contribution in [3.05, 3.63) is 41.6 Å². The van der Waals surface area contributed by atoms with Gasteiger partial charge in [-0.1, -0.05) is 31.2 Å². The number of hydrogen-bond acceptors (Lipinski definition) is 2. The van der Waals surface area contributed by atoms with Crippen LogP contribution in [-0.4, -0.2) is 12.5 Å². The monoisotopic (exact) mass is 230 g/mol. The van der Waals surface area contributed by atoms with E-state index in [-0.39, 0.29) is 5.91 Å². The molecule has 0 saturated heterocycles. The van der Waals surface area contributed by atoms with Crippen LogP contribution >= 0.6 is 0 Å². The molecule has 1 aliphatic heterocycles. The summed E-state index contributed by atoms with van der Waals surface area (Å²) in [6.07, 6.45) is 3.97. The Kier molecular flexibility index (Phi) is 3.47. The molecule has 2 N–H and O–H groups in total. The molecule has 0 unspecified atom stereocenters. The Morgan fingerprint density at radius 3 is 3.00 bits per heavy atom. The van der Waals surface area contributed by atoms with Gasteiger partial charge in [0.05, 0.1) is 0 Å². The summed E-state index contributed by atoms with van der Waals surface area (Å²) in [7, 11) is 0. The highest BCUT2D eigenvalue weighted by atomic mass is 16.2. The SMILES string of the molecule is CCC(N)=CCC(=O)N1CCc2ccccc21. The van der Waals surface area contributed by atoms with Gasteiger partial charge < -0.3 is 10.6 Å². The molecule has 3 heteroatoms. The van der Waals surface area contributed by atoms with Crippen LogP contribution in [0.1, 0.15) is 25.3 Å². The lowest BCUT2D eigenvalue weighted by Crippen LogP contribution is -2.28. The topological polar surface area (TPSA) is 46.3 Å². The molecule has 0 aliphatic carbocycles. The predicted molar refractivity (Wildman–Crippen MR) is 69.7 cm³/mol. The quantitative estimate of drug-likeness (QED) is 0.865. The normalized spacial score (nSPS) is 14.9. The molecule has 17 heavy (non-hydrogen) atoms. The highest BCUT2D eigenvalue weighted by Crippen LogP contribution is 2.27. The van der Waals surface area contributed by atoms with Crippen LogP contribution in [0.4, 0.5) is 5.69 Å². The number of nitrogens with two attached hydrogens (primary N) is 1. The van der Waals surface area contributed by atoms with Crippen molar-refractivity contribution in [3.63, 3.8) is 0 Å². The van der Waals surface area contributed by atoms with E-state index >= 15 is 0 Å². The van der Waals surface area contributed by atoms with Crippen LogP contribution in [0.15, 0.2) is 36.0 Å². The van der Waals surface area contributed by atoms with E-state index in [0.29, 0.717) is 6.42 Å². The zero-order valence-corrected chi connectivity index (χ0v) is 10.1. The van der Waals surface area contributed by atoms with Gasteiger partial charge >= 0.3 is 0 Å². The van der Waals surface area contributed by atoms with Crippen molar-refractivity contribution in [2.45, 2.75) is 26.2 Å². The first kappa shape index (κ1) is 11.7. The lowest BCUT2D eigenvalue weighted by molar-refractivity contribution is -0.117. The molecule has 1 aromatic carbocycles. The van der Waals surface area contributed by atoms with E-state index in [1.165, 1.54) is 5.56 Å².